The SMILES string of the molecule is CCC1CCC(O)(CNc2ccc(N)cc2Cl)CC1. The van der Waals surface area contributed by atoms with Crippen LogP contribution in [0.25, 0.3) is 0 Å². The first-order chi connectivity index (χ1) is 9.02. The summed E-state index contributed by atoms with van der Waals surface area (Å²) >= 11 is 6.11. The van der Waals surface area contributed by atoms with Crippen LogP contribution in [0.3, 0.4) is 0 Å². The van der Waals surface area contributed by atoms with E-state index >= 15 is 0 Å². The van der Waals surface area contributed by atoms with E-state index in [2.05, 4.69) is 12.2 Å². The van der Waals surface area contributed by atoms with Crippen molar-refractivity contribution < 1.29 is 5.11 Å². The summed E-state index contributed by atoms with van der Waals surface area (Å²) in [6.07, 6.45) is 5.18. The third-order valence-corrected chi connectivity index (χ3v) is 4.53. The van der Waals surface area contributed by atoms with Gasteiger partial charge < -0.3 is 16.2 Å². The van der Waals surface area contributed by atoms with E-state index in [9.17, 15) is 5.11 Å². The summed E-state index contributed by atoms with van der Waals surface area (Å²) in [5.74, 6) is 0.778. The summed E-state index contributed by atoms with van der Waals surface area (Å²) in [5, 5.41) is 14.4. The maximum Gasteiger partial charge on any atom is 0.0819 e. The largest absolute Gasteiger partial charge is 0.399 e. The van der Waals surface area contributed by atoms with Crippen LogP contribution in [-0.4, -0.2) is 17.3 Å². The molecule has 1 aromatic rings. The molecule has 3 nitrogen and oxygen atoms in total. The van der Waals surface area contributed by atoms with Gasteiger partial charge in [-0.05, 0) is 49.8 Å². The lowest BCUT2D eigenvalue weighted by Crippen LogP contribution is -2.40. The molecular weight excluding hydrogens is 260 g/mol. The van der Waals surface area contributed by atoms with Crippen LogP contribution in [0.4, 0.5) is 11.4 Å². The zero-order valence-electron chi connectivity index (χ0n) is 11.5. The second kappa shape index (κ2) is 6.02. The third kappa shape index (κ3) is 3.77. The van der Waals surface area contributed by atoms with Crippen molar-refractivity contribution in [1.29, 1.82) is 0 Å². The fourth-order valence-electron chi connectivity index (χ4n) is 2.73. The van der Waals surface area contributed by atoms with Crippen LogP contribution in [0, 0.1) is 5.92 Å². The molecule has 0 amide bonds. The van der Waals surface area contributed by atoms with Gasteiger partial charge in [0.05, 0.1) is 16.3 Å². The highest BCUT2D eigenvalue weighted by Crippen LogP contribution is 2.34. The van der Waals surface area contributed by atoms with Crippen molar-refractivity contribution in [3.63, 3.8) is 0 Å². The first kappa shape index (κ1) is 14.5. The van der Waals surface area contributed by atoms with Crippen LogP contribution in [-0.2, 0) is 0 Å². The lowest BCUT2D eigenvalue weighted by Gasteiger charge is -2.36. The minimum Gasteiger partial charge on any atom is -0.399 e. The molecular formula is C15H23ClN2O. The number of hydrogen-bond acceptors (Lipinski definition) is 3. The summed E-state index contributed by atoms with van der Waals surface area (Å²) in [7, 11) is 0. The predicted molar refractivity (Wildman–Crippen MR) is 81.6 cm³/mol. The quantitative estimate of drug-likeness (QED) is 0.739. The average Bonchev–Trinajstić information content (AvgIpc) is 2.39. The second-order valence-corrected chi connectivity index (χ2v) is 6.08. The van der Waals surface area contributed by atoms with Gasteiger partial charge in [0.25, 0.3) is 0 Å². The molecule has 0 aromatic heterocycles. The minimum absolute atomic E-state index is 0.549. The average molecular weight is 283 g/mol. The molecule has 4 N–H and O–H groups in total. The number of nitrogen functional groups attached to an aromatic ring is 1. The lowest BCUT2D eigenvalue weighted by molar-refractivity contribution is 0.00230. The van der Waals surface area contributed by atoms with Gasteiger partial charge in [-0.25, -0.2) is 0 Å². The lowest BCUT2D eigenvalue weighted by atomic mass is 9.78. The number of nitrogens with two attached hydrogens (primary N) is 1. The summed E-state index contributed by atoms with van der Waals surface area (Å²) in [6.45, 7) is 2.77. The van der Waals surface area contributed by atoms with Crippen LogP contribution >= 0.6 is 11.6 Å². The van der Waals surface area contributed by atoms with E-state index in [1.807, 2.05) is 12.1 Å². The normalized spacial score (nSPS) is 27.2. The second-order valence-electron chi connectivity index (χ2n) is 5.67. The molecule has 0 aliphatic heterocycles. The van der Waals surface area contributed by atoms with Gasteiger partial charge in [-0.3, -0.25) is 0 Å². The summed E-state index contributed by atoms with van der Waals surface area (Å²) in [6, 6.07) is 5.40. The highest BCUT2D eigenvalue weighted by Gasteiger charge is 2.32. The van der Waals surface area contributed by atoms with E-state index in [0.29, 0.717) is 17.3 Å². The maximum absolute atomic E-state index is 10.6. The minimum atomic E-state index is -0.601. The topological polar surface area (TPSA) is 58.3 Å². The molecule has 1 aliphatic rings. The predicted octanol–water partition coefficient (Wildman–Crippen LogP) is 3.67. The van der Waals surface area contributed by atoms with E-state index in [1.54, 1.807) is 6.07 Å². The zero-order chi connectivity index (χ0) is 13.9. The van der Waals surface area contributed by atoms with E-state index in [0.717, 1.165) is 37.3 Å². The summed E-state index contributed by atoms with van der Waals surface area (Å²) in [4.78, 5) is 0. The molecule has 1 aliphatic carbocycles. The zero-order valence-corrected chi connectivity index (χ0v) is 12.2. The summed E-state index contributed by atoms with van der Waals surface area (Å²) in [5.41, 5.74) is 6.55. The van der Waals surface area contributed by atoms with Gasteiger partial charge in [0.15, 0.2) is 0 Å². The highest BCUT2D eigenvalue weighted by atomic mass is 35.5. The van der Waals surface area contributed by atoms with Crippen LogP contribution in [0.15, 0.2) is 18.2 Å². The van der Waals surface area contributed by atoms with Gasteiger partial charge in [-0.15, -0.1) is 0 Å². The number of rotatable bonds is 4. The standard InChI is InChI=1S/C15H23ClN2O/c1-2-11-5-7-15(19,8-6-11)10-18-14-4-3-12(17)9-13(14)16/h3-4,9,11,18-19H,2,5-8,10,17H2,1H3. The Hall–Kier alpha value is -0.930. The van der Waals surface area contributed by atoms with Crippen molar-refractivity contribution in [2.75, 3.05) is 17.6 Å². The molecule has 1 saturated carbocycles. The molecule has 1 fully saturated rings. The smallest absolute Gasteiger partial charge is 0.0819 e. The van der Waals surface area contributed by atoms with Gasteiger partial charge >= 0.3 is 0 Å². The number of benzene rings is 1. The van der Waals surface area contributed by atoms with Gasteiger partial charge in [0.1, 0.15) is 0 Å². The first-order valence-electron chi connectivity index (χ1n) is 7.04. The number of aliphatic hydroxyl groups is 1. The van der Waals surface area contributed by atoms with E-state index in [1.165, 1.54) is 6.42 Å². The molecule has 1 aromatic carbocycles. The Morgan fingerprint density at radius 2 is 2.11 bits per heavy atom. The van der Waals surface area contributed by atoms with Crippen LogP contribution in [0.2, 0.25) is 5.02 Å². The number of anilines is 2. The molecule has 0 spiro atoms. The fraction of sp³-hybridized carbons (Fsp3) is 0.600. The van der Waals surface area contributed by atoms with E-state index < -0.39 is 5.60 Å². The van der Waals surface area contributed by atoms with Crippen molar-refractivity contribution in [3.05, 3.63) is 23.2 Å². The van der Waals surface area contributed by atoms with Crippen molar-refractivity contribution >= 4 is 23.0 Å². The van der Waals surface area contributed by atoms with Crippen molar-refractivity contribution in [2.45, 2.75) is 44.6 Å². The molecule has 0 atom stereocenters. The first-order valence-corrected chi connectivity index (χ1v) is 7.41. The van der Waals surface area contributed by atoms with Gasteiger partial charge in [0.2, 0.25) is 0 Å². The van der Waals surface area contributed by atoms with Gasteiger partial charge in [0, 0.05) is 12.2 Å². The van der Waals surface area contributed by atoms with Gasteiger partial charge in [-0.1, -0.05) is 24.9 Å². The monoisotopic (exact) mass is 282 g/mol. The van der Waals surface area contributed by atoms with E-state index in [-0.39, 0.29) is 0 Å². The number of halogens is 1. The van der Waals surface area contributed by atoms with Crippen molar-refractivity contribution in [3.8, 4) is 0 Å². The Kier molecular flexibility index (Phi) is 4.58. The molecule has 0 heterocycles. The van der Waals surface area contributed by atoms with Crippen molar-refractivity contribution in [2.24, 2.45) is 5.92 Å². The Morgan fingerprint density at radius 3 is 2.68 bits per heavy atom. The molecule has 0 saturated heterocycles. The van der Waals surface area contributed by atoms with Gasteiger partial charge in [-0.2, -0.15) is 0 Å². The molecule has 0 unspecified atom stereocenters. The molecule has 0 bridgehead atoms. The molecule has 106 valence electrons. The number of hydrogen-bond donors (Lipinski definition) is 3. The summed E-state index contributed by atoms with van der Waals surface area (Å²) < 4.78 is 0. The fourth-order valence-corrected chi connectivity index (χ4v) is 2.99. The van der Waals surface area contributed by atoms with Crippen LogP contribution < -0.4 is 11.1 Å². The molecule has 19 heavy (non-hydrogen) atoms. The van der Waals surface area contributed by atoms with Crippen molar-refractivity contribution in [1.82, 2.24) is 0 Å². The molecule has 0 radical (unpaired) electrons. The van der Waals surface area contributed by atoms with E-state index in [4.69, 9.17) is 17.3 Å². The Labute approximate surface area is 120 Å². The Balaban J connectivity index is 1.91. The highest BCUT2D eigenvalue weighted by molar-refractivity contribution is 6.33. The number of nitrogens with one attached hydrogen (secondary N) is 1. The van der Waals surface area contributed by atoms with Crippen LogP contribution in [0.5, 0.6) is 0 Å². The van der Waals surface area contributed by atoms with Crippen LogP contribution in [0.1, 0.15) is 39.0 Å². The Bertz CT molecular complexity index is 428. The third-order valence-electron chi connectivity index (χ3n) is 4.21. The molecule has 2 rings (SSSR count). The molecule has 4 heteroatoms. The maximum atomic E-state index is 10.6. The Morgan fingerprint density at radius 1 is 1.42 bits per heavy atom.